The second-order valence-corrected chi connectivity index (χ2v) is 6.09. The molecule has 1 unspecified atom stereocenters. The van der Waals surface area contributed by atoms with Gasteiger partial charge in [0.05, 0.1) is 5.56 Å². The molecule has 17 heavy (non-hydrogen) atoms. The second-order valence-electron chi connectivity index (χ2n) is 4.32. The first-order chi connectivity index (χ1) is 7.95. The minimum Gasteiger partial charge on any atom is -0.341 e. The third-order valence-electron chi connectivity index (χ3n) is 2.79. The molecule has 0 saturated carbocycles. The van der Waals surface area contributed by atoms with Crippen molar-refractivity contribution in [2.45, 2.75) is 20.3 Å². The summed E-state index contributed by atoms with van der Waals surface area (Å²) in [4.78, 5) is 14.0. The van der Waals surface area contributed by atoms with Crippen molar-refractivity contribution in [1.82, 2.24) is 4.90 Å². The highest BCUT2D eigenvalue weighted by molar-refractivity contribution is 9.11. The van der Waals surface area contributed by atoms with E-state index in [0.717, 1.165) is 21.9 Å². The molecule has 0 N–H and O–H groups in total. The molecule has 1 rings (SSSR count). The Balaban J connectivity index is 2.81. The van der Waals surface area contributed by atoms with Gasteiger partial charge in [-0.1, -0.05) is 36.2 Å². The van der Waals surface area contributed by atoms with Crippen LogP contribution in [0, 0.1) is 5.92 Å². The summed E-state index contributed by atoms with van der Waals surface area (Å²) < 4.78 is 1.79. The van der Waals surface area contributed by atoms with Crippen LogP contribution in [-0.2, 0) is 0 Å². The molecule has 1 aromatic carbocycles. The number of amides is 1. The Hall–Kier alpha value is -0.350. The van der Waals surface area contributed by atoms with Gasteiger partial charge in [-0.05, 0) is 40.0 Å². The fraction of sp³-hybridized carbons (Fsp3) is 0.462. The lowest BCUT2D eigenvalue weighted by Crippen LogP contribution is -2.31. The molecular weight excluding hydrogens is 346 g/mol. The van der Waals surface area contributed by atoms with E-state index in [1.54, 1.807) is 4.90 Å². The third-order valence-corrected chi connectivity index (χ3v) is 3.94. The fourth-order valence-electron chi connectivity index (χ4n) is 1.55. The quantitative estimate of drug-likeness (QED) is 0.780. The van der Waals surface area contributed by atoms with Crippen LogP contribution >= 0.6 is 31.9 Å². The molecule has 0 bridgehead atoms. The molecular formula is C13H17Br2NO. The minimum atomic E-state index is 0.0599. The summed E-state index contributed by atoms with van der Waals surface area (Å²) >= 11 is 6.80. The monoisotopic (exact) mass is 361 g/mol. The molecule has 0 spiro atoms. The van der Waals surface area contributed by atoms with E-state index >= 15 is 0 Å². The van der Waals surface area contributed by atoms with Crippen molar-refractivity contribution < 1.29 is 4.79 Å². The molecule has 0 aliphatic rings. The van der Waals surface area contributed by atoms with Crippen LogP contribution in [0.3, 0.4) is 0 Å². The lowest BCUT2D eigenvalue weighted by molar-refractivity contribution is 0.0774. The van der Waals surface area contributed by atoms with E-state index in [9.17, 15) is 4.79 Å². The fourth-order valence-corrected chi connectivity index (χ4v) is 2.76. The predicted octanol–water partition coefficient (Wildman–Crippen LogP) is 4.33. The molecule has 0 aliphatic carbocycles. The Morgan fingerprint density at radius 2 is 2.06 bits per heavy atom. The lowest BCUT2D eigenvalue weighted by atomic mass is 10.1. The average molecular weight is 363 g/mol. The molecule has 0 aromatic heterocycles. The van der Waals surface area contributed by atoms with Gasteiger partial charge in [0.2, 0.25) is 0 Å². The van der Waals surface area contributed by atoms with Crippen molar-refractivity contribution in [3.63, 3.8) is 0 Å². The van der Waals surface area contributed by atoms with Crippen molar-refractivity contribution >= 4 is 37.8 Å². The smallest absolute Gasteiger partial charge is 0.254 e. The first-order valence-corrected chi connectivity index (χ1v) is 7.24. The van der Waals surface area contributed by atoms with Crippen LogP contribution in [0.4, 0.5) is 0 Å². The largest absolute Gasteiger partial charge is 0.341 e. The Labute approximate surface area is 120 Å². The standard InChI is InChI=1S/C13H17Br2NO/c1-4-9(2)8-16(3)13(17)11-6-5-10(14)7-12(11)15/h5-7,9H,4,8H2,1-3H3. The highest BCUT2D eigenvalue weighted by Crippen LogP contribution is 2.23. The van der Waals surface area contributed by atoms with Gasteiger partial charge in [0.15, 0.2) is 0 Å². The van der Waals surface area contributed by atoms with Crippen molar-refractivity contribution in [3.05, 3.63) is 32.7 Å². The maximum Gasteiger partial charge on any atom is 0.254 e. The van der Waals surface area contributed by atoms with Crippen LogP contribution in [0.15, 0.2) is 27.1 Å². The minimum absolute atomic E-state index is 0.0599. The molecule has 2 nitrogen and oxygen atoms in total. The highest BCUT2D eigenvalue weighted by Gasteiger charge is 2.16. The number of hydrogen-bond acceptors (Lipinski definition) is 1. The van der Waals surface area contributed by atoms with Crippen molar-refractivity contribution in [2.24, 2.45) is 5.92 Å². The van der Waals surface area contributed by atoms with Crippen LogP contribution in [0.5, 0.6) is 0 Å². The molecule has 4 heteroatoms. The molecule has 1 aromatic rings. The van der Waals surface area contributed by atoms with Gasteiger partial charge in [-0.3, -0.25) is 4.79 Å². The van der Waals surface area contributed by atoms with Gasteiger partial charge in [-0.15, -0.1) is 0 Å². The summed E-state index contributed by atoms with van der Waals surface area (Å²) in [6, 6.07) is 5.61. The molecule has 0 aliphatic heterocycles. The molecule has 0 saturated heterocycles. The molecule has 1 atom stereocenters. The van der Waals surface area contributed by atoms with Gasteiger partial charge >= 0.3 is 0 Å². The number of rotatable bonds is 4. The molecule has 0 radical (unpaired) electrons. The summed E-state index contributed by atoms with van der Waals surface area (Å²) in [5, 5.41) is 0. The summed E-state index contributed by atoms with van der Waals surface area (Å²) in [5.41, 5.74) is 0.707. The van der Waals surface area contributed by atoms with Crippen molar-refractivity contribution in [3.8, 4) is 0 Å². The van der Waals surface area contributed by atoms with E-state index in [1.807, 2.05) is 25.2 Å². The van der Waals surface area contributed by atoms with Crippen molar-refractivity contribution in [1.29, 1.82) is 0 Å². The number of benzene rings is 1. The van der Waals surface area contributed by atoms with Crippen LogP contribution in [0.25, 0.3) is 0 Å². The number of hydrogen-bond donors (Lipinski definition) is 0. The lowest BCUT2D eigenvalue weighted by Gasteiger charge is -2.21. The zero-order valence-corrected chi connectivity index (χ0v) is 13.5. The summed E-state index contributed by atoms with van der Waals surface area (Å²) in [6.07, 6.45) is 1.08. The molecule has 0 fully saturated rings. The van der Waals surface area contributed by atoms with E-state index in [2.05, 4.69) is 45.7 Å². The average Bonchev–Trinajstić information content (AvgIpc) is 2.28. The van der Waals surface area contributed by atoms with E-state index < -0.39 is 0 Å². The van der Waals surface area contributed by atoms with E-state index in [0.29, 0.717) is 11.5 Å². The van der Waals surface area contributed by atoms with Gasteiger partial charge in [0, 0.05) is 22.5 Å². The second kappa shape index (κ2) is 6.55. The van der Waals surface area contributed by atoms with Gasteiger partial charge in [0.1, 0.15) is 0 Å². The summed E-state index contributed by atoms with van der Waals surface area (Å²) in [6.45, 7) is 5.08. The van der Waals surface area contributed by atoms with E-state index in [4.69, 9.17) is 0 Å². The number of nitrogens with zero attached hydrogens (tertiary/aromatic N) is 1. The zero-order valence-electron chi connectivity index (χ0n) is 10.3. The first-order valence-electron chi connectivity index (χ1n) is 5.66. The SMILES string of the molecule is CCC(C)CN(C)C(=O)c1ccc(Br)cc1Br. The number of halogens is 2. The summed E-state index contributed by atoms with van der Waals surface area (Å²) in [7, 11) is 1.85. The molecule has 1 amide bonds. The Kier molecular flexibility index (Phi) is 5.67. The van der Waals surface area contributed by atoms with E-state index in [-0.39, 0.29) is 5.91 Å². The number of carbonyl (C=O) groups is 1. The third kappa shape index (κ3) is 4.11. The Morgan fingerprint density at radius 3 is 2.59 bits per heavy atom. The van der Waals surface area contributed by atoms with E-state index in [1.165, 1.54) is 0 Å². The Bertz CT molecular complexity index is 406. The Morgan fingerprint density at radius 1 is 1.41 bits per heavy atom. The predicted molar refractivity (Wildman–Crippen MR) is 78.3 cm³/mol. The van der Waals surface area contributed by atoms with Crippen LogP contribution in [-0.4, -0.2) is 24.4 Å². The number of carbonyl (C=O) groups excluding carboxylic acids is 1. The normalized spacial score (nSPS) is 12.3. The molecule has 94 valence electrons. The van der Waals surface area contributed by atoms with Gasteiger partial charge in [-0.25, -0.2) is 0 Å². The molecule has 0 heterocycles. The van der Waals surface area contributed by atoms with Crippen LogP contribution in [0.1, 0.15) is 30.6 Å². The van der Waals surface area contributed by atoms with Crippen molar-refractivity contribution in [2.75, 3.05) is 13.6 Å². The van der Waals surface area contributed by atoms with Crippen LogP contribution in [0.2, 0.25) is 0 Å². The van der Waals surface area contributed by atoms with Crippen LogP contribution < -0.4 is 0 Å². The maximum atomic E-state index is 12.2. The zero-order chi connectivity index (χ0) is 13.0. The summed E-state index contributed by atoms with van der Waals surface area (Å²) in [5.74, 6) is 0.586. The first kappa shape index (κ1) is 14.7. The highest BCUT2D eigenvalue weighted by atomic mass is 79.9. The van der Waals surface area contributed by atoms with Gasteiger partial charge < -0.3 is 4.90 Å². The van der Waals surface area contributed by atoms with Gasteiger partial charge in [0.25, 0.3) is 5.91 Å². The maximum absolute atomic E-state index is 12.2. The van der Waals surface area contributed by atoms with Gasteiger partial charge in [-0.2, -0.15) is 0 Å². The topological polar surface area (TPSA) is 20.3 Å².